The number of benzene rings is 2. The molecule has 0 aliphatic carbocycles. The lowest BCUT2D eigenvalue weighted by molar-refractivity contribution is -0.141. The predicted octanol–water partition coefficient (Wildman–Crippen LogP) is 4.23. The number of esters is 1. The van der Waals surface area contributed by atoms with Crippen LogP contribution in [0.1, 0.15) is 25.0 Å². The van der Waals surface area contributed by atoms with Crippen molar-refractivity contribution in [3.63, 3.8) is 0 Å². The lowest BCUT2D eigenvalue weighted by atomic mass is 10.2. The van der Waals surface area contributed by atoms with Gasteiger partial charge in [-0.05, 0) is 43.2 Å². The molecule has 0 fully saturated rings. The Hall–Kier alpha value is -2.55. The quantitative estimate of drug-likeness (QED) is 0.591. The Kier molecular flexibility index (Phi) is 5.78. The Morgan fingerprint density at radius 3 is 2.59 bits per heavy atom. The van der Waals surface area contributed by atoms with Crippen LogP contribution in [0.3, 0.4) is 0 Å². The SMILES string of the molecule is CC(C)OC(=O)C=Cc1cccc(OCc2ccccc2)c1. The molecule has 2 aromatic carbocycles. The molecule has 0 N–H and O–H groups in total. The maximum Gasteiger partial charge on any atom is 0.331 e. The maximum atomic E-state index is 11.5. The molecule has 3 nitrogen and oxygen atoms in total. The van der Waals surface area contributed by atoms with Gasteiger partial charge in [0.1, 0.15) is 12.4 Å². The van der Waals surface area contributed by atoms with Crippen LogP contribution in [0.25, 0.3) is 6.08 Å². The Balaban J connectivity index is 1.95. The van der Waals surface area contributed by atoms with Crippen molar-refractivity contribution in [2.24, 2.45) is 0 Å². The van der Waals surface area contributed by atoms with Crippen molar-refractivity contribution in [1.29, 1.82) is 0 Å². The zero-order chi connectivity index (χ0) is 15.8. The molecule has 0 atom stereocenters. The molecule has 114 valence electrons. The van der Waals surface area contributed by atoms with Gasteiger partial charge in [0.2, 0.25) is 0 Å². The van der Waals surface area contributed by atoms with Gasteiger partial charge in [-0.1, -0.05) is 42.5 Å². The van der Waals surface area contributed by atoms with Crippen LogP contribution in [-0.4, -0.2) is 12.1 Å². The second-order valence-corrected chi connectivity index (χ2v) is 5.17. The van der Waals surface area contributed by atoms with Gasteiger partial charge in [-0.15, -0.1) is 0 Å². The number of carbonyl (C=O) groups is 1. The third kappa shape index (κ3) is 5.44. The van der Waals surface area contributed by atoms with Gasteiger partial charge in [-0.3, -0.25) is 0 Å². The average Bonchev–Trinajstić information content (AvgIpc) is 2.52. The van der Waals surface area contributed by atoms with Gasteiger partial charge in [-0.25, -0.2) is 4.79 Å². The van der Waals surface area contributed by atoms with Crippen molar-refractivity contribution in [1.82, 2.24) is 0 Å². The van der Waals surface area contributed by atoms with Gasteiger partial charge >= 0.3 is 5.97 Å². The van der Waals surface area contributed by atoms with Crippen molar-refractivity contribution < 1.29 is 14.3 Å². The molecule has 0 saturated carbocycles. The van der Waals surface area contributed by atoms with Crippen molar-refractivity contribution in [3.8, 4) is 5.75 Å². The molecule has 0 heterocycles. The highest BCUT2D eigenvalue weighted by molar-refractivity contribution is 5.87. The zero-order valence-corrected chi connectivity index (χ0v) is 12.9. The first-order valence-electron chi connectivity index (χ1n) is 7.29. The maximum absolute atomic E-state index is 11.5. The highest BCUT2D eigenvalue weighted by atomic mass is 16.5. The fraction of sp³-hybridized carbons (Fsp3) is 0.211. The molecule has 2 rings (SSSR count). The summed E-state index contributed by atoms with van der Waals surface area (Å²) in [5.41, 5.74) is 2.01. The highest BCUT2D eigenvalue weighted by Gasteiger charge is 2.01. The van der Waals surface area contributed by atoms with E-state index in [0.29, 0.717) is 6.61 Å². The summed E-state index contributed by atoms with van der Waals surface area (Å²) in [4.78, 5) is 11.5. The summed E-state index contributed by atoms with van der Waals surface area (Å²) in [6.07, 6.45) is 3.04. The largest absolute Gasteiger partial charge is 0.489 e. The fourth-order valence-electron chi connectivity index (χ4n) is 1.88. The van der Waals surface area contributed by atoms with E-state index in [-0.39, 0.29) is 12.1 Å². The van der Waals surface area contributed by atoms with Gasteiger partial charge in [0.05, 0.1) is 6.10 Å². The summed E-state index contributed by atoms with van der Waals surface area (Å²) in [5, 5.41) is 0. The van der Waals surface area contributed by atoms with Crippen LogP contribution in [0.2, 0.25) is 0 Å². The molecule has 3 heteroatoms. The van der Waals surface area contributed by atoms with Crippen LogP contribution < -0.4 is 4.74 Å². The smallest absolute Gasteiger partial charge is 0.331 e. The third-order valence-electron chi connectivity index (χ3n) is 2.87. The van der Waals surface area contributed by atoms with Crippen molar-refractivity contribution in [2.45, 2.75) is 26.6 Å². The van der Waals surface area contributed by atoms with Gasteiger partial charge in [0.25, 0.3) is 0 Å². The molecule has 0 spiro atoms. The van der Waals surface area contributed by atoms with Crippen LogP contribution in [0.4, 0.5) is 0 Å². The van der Waals surface area contributed by atoms with Gasteiger partial charge in [0.15, 0.2) is 0 Å². The van der Waals surface area contributed by atoms with Crippen molar-refractivity contribution >= 4 is 12.0 Å². The normalized spacial score (nSPS) is 10.9. The Morgan fingerprint density at radius 2 is 1.86 bits per heavy atom. The Labute approximate surface area is 131 Å². The summed E-state index contributed by atoms with van der Waals surface area (Å²) >= 11 is 0. The molecule has 22 heavy (non-hydrogen) atoms. The topological polar surface area (TPSA) is 35.5 Å². The van der Waals surface area contributed by atoms with E-state index in [1.165, 1.54) is 6.08 Å². The summed E-state index contributed by atoms with van der Waals surface area (Å²) in [5.74, 6) is 0.425. The van der Waals surface area contributed by atoms with Crippen LogP contribution in [0, 0.1) is 0 Å². The first-order valence-corrected chi connectivity index (χ1v) is 7.29. The molecule has 0 aliphatic heterocycles. The molecule has 0 aliphatic rings. The first-order chi connectivity index (χ1) is 10.6. The molecule has 0 unspecified atom stereocenters. The molecule has 0 bridgehead atoms. The number of carbonyl (C=O) groups excluding carboxylic acids is 1. The summed E-state index contributed by atoms with van der Waals surface area (Å²) in [6, 6.07) is 17.6. The monoisotopic (exact) mass is 296 g/mol. The fourth-order valence-corrected chi connectivity index (χ4v) is 1.88. The lowest BCUT2D eigenvalue weighted by Gasteiger charge is -2.07. The number of hydrogen-bond donors (Lipinski definition) is 0. The minimum atomic E-state index is -0.342. The van der Waals surface area contributed by atoms with E-state index in [1.807, 2.05) is 68.4 Å². The van der Waals surface area contributed by atoms with Crippen molar-refractivity contribution in [3.05, 3.63) is 71.8 Å². The molecule has 2 aromatic rings. The number of ether oxygens (including phenoxy) is 2. The molecule has 0 saturated heterocycles. The summed E-state index contributed by atoms with van der Waals surface area (Å²) in [7, 11) is 0. The standard InChI is InChI=1S/C19H20O3/c1-15(2)22-19(20)12-11-16-9-6-10-18(13-16)21-14-17-7-4-3-5-8-17/h3-13,15H,14H2,1-2H3. The minimum Gasteiger partial charge on any atom is -0.489 e. The van der Waals surface area contributed by atoms with Crippen LogP contribution in [0.5, 0.6) is 5.75 Å². The third-order valence-corrected chi connectivity index (χ3v) is 2.87. The molecular formula is C19H20O3. The van der Waals surface area contributed by atoms with E-state index in [9.17, 15) is 4.79 Å². The predicted molar refractivity (Wildman–Crippen MR) is 87.5 cm³/mol. The van der Waals surface area contributed by atoms with E-state index < -0.39 is 0 Å². The van der Waals surface area contributed by atoms with E-state index in [2.05, 4.69) is 0 Å². The zero-order valence-electron chi connectivity index (χ0n) is 12.9. The molecular weight excluding hydrogens is 276 g/mol. The van der Waals surface area contributed by atoms with E-state index in [1.54, 1.807) is 6.08 Å². The summed E-state index contributed by atoms with van der Waals surface area (Å²) < 4.78 is 10.8. The second-order valence-electron chi connectivity index (χ2n) is 5.17. The van der Waals surface area contributed by atoms with Gasteiger partial charge in [-0.2, -0.15) is 0 Å². The lowest BCUT2D eigenvalue weighted by Crippen LogP contribution is -2.08. The average molecular weight is 296 g/mol. The first kappa shape index (κ1) is 15.8. The van der Waals surface area contributed by atoms with E-state index in [0.717, 1.165) is 16.9 Å². The van der Waals surface area contributed by atoms with E-state index >= 15 is 0 Å². The van der Waals surface area contributed by atoms with E-state index in [4.69, 9.17) is 9.47 Å². The second kappa shape index (κ2) is 8.03. The van der Waals surface area contributed by atoms with Crippen LogP contribution >= 0.6 is 0 Å². The minimum absolute atomic E-state index is 0.113. The van der Waals surface area contributed by atoms with Crippen molar-refractivity contribution in [2.75, 3.05) is 0 Å². The molecule has 0 radical (unpaired) electrons. The van der Waals surface area contributed by atoms with Crippen LogP contribution in [0.15, 0.2) is 60.7 Å². The summed E-state index contributed by atoms with van der Waals surface area (Å²) in [6.45, 7) is 4.16. The number of hydrogen-bond acceptors (Lipinski definition) is 3. The molecule has 0 amide bonds. The Bertz CT molecular complexity index is 630. The van der Waals surface area contributed by atoms with Gasteiger partial charge < -0.3 is 9.47 Å². The van der Waals surface area contributed by atoms with Gasteiger partial charge in [0, 0.05) is 6.08 Å². The van der Waals surface area contributed by atoms with Crippen LogP contribution in [-0.2, 0) is 16.1 Å². The number of rotatable bonds is 6. The molecule has 0 aromatic heterocycles. The highest BCUT2D eigenvalue weighted by Crippen LogP contribution is 2.16. The Morgan fingerprint density at radius 1 is 1.09 bits per heavy atom.